The summed E-state index contributed by atoms with van der Waals surface area (Å²) < 4.78 is 23.3. The molecule has 0 aromatic carbocycles. The van der Waals surface area contributed by atoms with E-state index in [-0.39, 0.29) is 19.6 Å². The summed E-state index contributed by atoms with van der Waals surface area (Å²) in [5.41, 5.74) is -0.990. The van der Waals surface area contributed by atoms with Crippen LogP contribution in [0.5, 0.6) is 0 Å². The Hall–Kier alpha value is -0.680. The topological polar surface area (TPSA) is 55.8 Å². The Balaban J connectivity index is 2.05. The van der Waals surface area contributed by atoms with Crippen LogP contribution in [-0.2, 0) is 14.3 Å². The number of ether oxygens (including phenoxy) is 2. The van der Waals surface area contributed by atoms with E-state index in [1.54, 1.807) is 0 Å². The Morgan fingerprint density at radius 3 is 2.93 bits per heavy atom. The Labute approximate surface area is 81.0 Å². The van der Waals surface area contributed by atoms with E-state index >= 15 is 0 Å². The third-order valence-corrected chi connectivity index (χ3v) is 3.03. The van der Waals surface area contributed by atoms with Crippen LogP contribution in [0.1, 0.15) is 13.3 Å². The number of aliphatic hydroxyl groups excluding tert-OH is 1. The minimum absolute atomic E-state index is 0.0551. The maximum absolute atomic E-state index is 13.3. The van der Waals surface area contributed by atoms with E-state index in [9.17, 15) is 14.3 Å². The molecule has 1 saturated carbocycles. The first-order chi connectivity index (χ1) is 6.55. The molecular weight excluding hydrogens is 191 g/mol. The summed E-state index contributed by atoms with van der Waals surface area (Å²) in [7, 11) is 0. The van der Waals surface area contributed by atoms with Crippen molar-refractivity contribution in [1.29, 1.82) is 0 Å². The molecule has 0 aromatic heterocycles. The van der Waals surface area contributed by atoms with E-state index in [1.807, 2.05) is 0 Å². The molecule has 1 aliphatic heterocycles. The molecule has 1 aliphatic carbocycles. The van der Waals surface area contributed by atoms with Crippen LogP contribution in [0.2, 0.25) is 0 Å². The van der Waals surface area contributed by atoms with Crippen molar-refractivity contribution in [3.05, 3.63) is 0 Å². The fraction of sp³-hybridized carbons (Fsp3) is 0.889. The van der Waals surface area contributed by atoms with Gasteiger partial charge in [-0.25, -0.2) is 4.39 Å². The van der Waals surface area contributed by atoms with E-state index in [0.717, 1.165) is 0 Å². The van der Waals surface area contributed by atoms with Gasteiger partial charge in [0.15, 0.2) is 0 Å². The van der Waals surface area contributed by atoms with Crippen LogP contribution in [0, 0.1) is 5.92 Å². The smallest absolute Gasteiger partial charge is 0.302 e. The first-order valence-corrected chi connectivity index (χ1v) is 4.65. The van der Waals surface area contributed by atoms with Crippen LogP contribution in [0.25, 0.3) is 0 Å². The number of carbonyl (C=O) groups excluding carboxylic acids is 1. The zero-order valence-electron chi connectivity index (χ0n) is 7.90. The van der Waals surface area contributed by atoms with Gasteiger partial charge in [-0.1, -0.05) is 0 Å². The normalized spacial score (nSPS) is 45.5. The molecule has 0 aromatic rings. The Bertz CT molecular complexity index is 257. The van der Waals surface area contributed by atoms with Gasteiger partial charge in [-0.2, -0.15) is 0 Å². The molecule has 4 nitrogen and oxygen atoms in total. The minimum Gasteiger partial charge on any atom is -0.463 e. The number of rotatable bonds is 2. The molecule has 4 atom stereocenters. The van der Waals surface area contributed by atoms with Gasteiger partial charge in [-0.05, 0) is 0 Å². The molecule has 5 heteroatoms. The molecular formula is C9H13FO4. The predicted molar refractivity (Wildman–Crippen MR) is 44.3 cm³/mol. The number of fused-ring (bicyclic) bond motifs is 2. The number of carbonyl (C=O) groups is 1. The second-order valence-corrected chi connectivity index (χ2v) is 3.98. The van der Waals surface area contributed by atoms with Gasteiger partial charge in [-0.3, -0.25) is 4.79 Å². The number of alkyl halides is 1. The summed E-state index contributed by atoms with van der Waals surface area (Å²) in [6, 6.07) is 0. The molecule has 0 amide bonds. The molecule has 1 saturated heterocycles. The van der Waals surface area contributed by atoms with Crippen LogP contribution in [0.3, 0.4) is 0 Å². The van der Waals surface area contributed by atoms with Gasteiger partial charge in [0.25, 0.3) is 0 Å². The highest BCUT2D eigenvalue weighted by atomic mass is 19.1. The van der Waals surface area contributed by atoms with E-state index < -0.39 is 29.8 Å². The molecule has 14 heavy (non-hydrogen) atoms. The van der Waals surface area contributed by atoms with Crippen LogP contribution >= 0.6 is 0 Å². The maximum Gasteiger partial charge on any atom is 0.302 e. The van der Waals surface area contributed by atoms with Gasteiger partial charge < -0.3 is 14.6 Å². The van der Waals surface area contributed by atoms with E-state index in [0.29, 0.717) is 0 Å². The van der Waals surface area contributed by atoms with Crippen molar-refractivity contribution in [2.24, 2.45) is 5.92 Å². The van der Waals surface area contributed by atoms with Crippen molar-refractivity contribution in [2.45, 2.75) is 31.2 Å². The van der Waals surface area contributed by atoms with Gasteiger partial charge in [0.2, 0.25) is 0 Å². The number of aliphatic hydroxyl groups is 1. The lowest BCUT2D eigenvalue weighted by Gasteiger charge is -2.27. The van der Waals surface area contributed by atoms with Crippen molar-refractivity contribution < 1.29 is 23.8 Å². The Kier molecular flexibility index (Phi) is 2.23. The van der Waals surface area contributed by atoms with Crippen molar-refractivity contribution in [2.75, 3.05) is 13.2 Å². The summed E-state index contributed by atoms with van der Waals surface area (Å²) in [5, 5.41) is 9.71. The quantitative estimate of drug-likeness (QED) is 0.645. The van der Waals surface area contributed by atoms with Crippen LogP contribution in [0.4, 0.5) is 4.39 Å². The maximum atomic E-state index is 13.3. The highest BCUT2D eigenvalue weighted by molar-refractivity contribution is 5.66. The van der Waals surface area contributed by atoms with E-state index in [4.69, 9.17) is 9.47 Å². The van der Waals surface area contributed by atoms with Crippen LogP contribution < -0.4 is 0 Å². The minimum atomic E-state index is -1.05. The first-order valence-electron chi connectivity index (χ1n) is 4.65. The van der Waals surface area contributed by atoms with Gasteiger partial charge in [0.1, 0.15) is 18.4 Å². The molecule has 0 radical (unpaired) electrons. The molecule has 80 valence electrons. The summed E-state index contributed by atoms with van der Waals surface area (Å²) in [6.45, 7) is 1.43. The van der Waals surface area contributed by atoms with Crippen molar-refractivity contribution in [3.8, 4) is 0 Å². The molecule has 2 rings (SSSR count). The molecule has 2 fully saturated rings. The number of hydrogen-bond donors (Lipinski definition) is 1. The summed E-state index contributed by atoms with van der Waals surface area (Å²) in [4.78, 5) is 10.6. The lowest BCUT2D eigenvalue weighted by molar-refractivity contribution is -0.156. The fourth-order valence-corrected chi connectivity index (χ4v) is 2.20. The second-order valence-electron chi connectivity index (χ2n) is 3.98. The highest BCUT2D eigenvalue weighted by Gasteiger charge is 2.60. The van der Waals surface area contributed by atoms with Gasteiger partial charge in [0, 0.05) is 19.3 Å². The lowest BCUT2D eigenvalue weighted by Crippen LogP contribution is -2.42. The monoisotopic (exact) mass is 204 g/mol. The molecule has 1 heterocycles. The molecule has 0 unspecified atom stereocenters. The summed E-state index contributed by atoms with van der Waals surface area (Å²) in [5.74, 6) is -0.897. The third-order valence-electron chi connectivity index (χ3n) is 3.03. The number of hydrogen-bond acceptors (Lipinski definition) is 4. The van der Waals surface area contributed by atoms with Crippen molar-refractivity contribution >= 4 is 5.97 Å². The van der Waals surface area contributed by atoms with E-state index in [2.05, 4.69) is 0 Å². The molecule has 2 bridgehead atoms. The number of halogens is 1. The number of esters is 1. The molecule has 0 spiro atoms. The van der Waals surface area contributed by atoms with Crippen molar-refractivity contribution in [1.82, 2.24) is 0 Å². The van der Waals surface area contributed by atoms with Crippen molar-refractivity contribution in [3.63, 3.8) is 0 Å². The SMILES string of the molecule is CC(=O)OC[C@@]12C[C@@H](F)[C@H](CO1)[C@@H]2O. The predicted octanol–water partition coefficient (Wildman–Crippen LogP) is 0.0374. The summed E-state index contributed by atoms with van der Waals surface area (Å²) >= 11 is 0. The zero-order valence-corrected chi connectivity index (χ0v) is 7.90. The standard InChI is InChI=1S/C9H13FO4/c1-5(11)13-4-9-2-7(10)6(3-14-9)8(9)12/h6-8,12H,2-4H2,1H3/t6-,7+,8-,9+/m0/s1. The van der Waals surface area contributed by atoms with Gasteiger partial charge >= 0.3 is 5.97 Å². The van der Waals surface area contributed by atoms with Crippen LogP contribution in [0.15, 0.2) is 0 Å². The van der Waals surface area contributed by atoms with Crippen LogP contribution in [-0.4, -0.2) is 42.2 Å². The third kappa shape index (κ3) is 1.31. The highest BCUT2D eigenvalue weighted by Crippen LogP contribution is 2.46. The fourth-order valence-electron chi connectivity index (χ4n) is 2.20. The van der Waals surface area contributed by atoms with Gasteiger partial charge in [0.05, 0.1) is 12.7 Å². The summed E-state index contributed by atoms with van der Waals surface area (Å²) in [6.07, 6.45) is -1.78. The Morgan fingerprint density at radius 2 is 2.50 bits per heavy atom. The zero-order chi connectivity index (χ0) is 10.3. The molecule has 2 aliphatic rings. The second kappa shape index (κ2) is 3.17. The van der Waals surface area contributed by atoms with Gasteiger partial charge in [-0.15, -0.1) is 0 Å². The first kappa shape index (κ1) is 9.86. The van der Waals surface area contributed by atoms with E-state index in [1.165, 1.54) is 6.92 Å². The average molecular weight is 204 g/mol. The average Bonchev–Trinajstić information content (AvgIpc) is 2.54. The Morgan fingerprint density at radius 1 is 1.79 bits per heavy atom. The molecule has 1 N–H and O–H groups in total. The lowest BCUT2D eigenvalue weighted by atomic mass is 10.0. The largest absolute Gasteiger partial charge is 0.463 e.